The number of carbonyl (C=O) groups excluding carboxylic acids is 3. The maximum Gasteiger partial charge on any atom is 0.293 e. The Morgan fingerprint density at radius 3 is 2.64 bits per heavy atom. The van der Waals surface area contributed by atoms with Crippen LogP contribution in [0.5, 0.6) is 0 Å². The monoisotopic (exact) mass is 418 g/mol. The summed E-state index contributed by atoms with van der Waals surface area (Å²) in [6.45, 7) is 1.95. The van der Waals surface area contributed by atoms with Crippen molar-refractivity contribution in [3.05, 3.63) is 74.9 Å². The van der Waals surface area contributed by atoms with Gasteiger partial charge in [-0.05, 0) is 48.5 Å². The number of rotatable bonds is 5. The zero-order valence-corrected chi connectivity index (χ0v) is 16.4. The minimum atomic E-state index is -0.700. The zero-order valence-electron chi connectivity index (χ0n) is 14.9. The normalized spacial score (nSPS) is 15.4. The largest absolute Gasteiger partial charge is 0.350 e. The maximum atomic E-state index is 13.7. The fourth-order valence-corrected chi connectivity index (χ4v) is 3.59. The highest BCUT2D eigenvalue weighted by atomic mass is 35.5. The molecule has 0 atom stereocenters. The Kier molecular flexibility index (Phi) is 6.16. The Hall–Kier alpha value is -2.64. The van der Waals surface area contributed by atoms with Crippen LogP contribution in [0.1, 0.15) is 21.5 Å². The van der Waals surface area contributed by atoms with Crippen molar-refractivity contribution in [2.24, 2.45) is 0 Å². The molecule has 144 valence electrons. The zero-order chi connectivity index (χ0) is 20.3. The average Bonchev–Trinajstić information content (AvgIpc) is 2.92. The number of benzene rings is 2. The predicted octanol–water partition coefficient (Wildman–Crippen LogP) is 4.25. The van der Waals surface area contributed by atoms with Gasteiger partial charge in [0.1, 0.15) is 5.82 Å². The van der Waals surface area contributed by atoms with Crippen molar-refractivity contribution in [1.82, 2.24) is 10.2 Å². The van der Waals surface area contributed by atoms with E-state index in [-0.39, 0.29) is 23.7 Å². The topological polar surface area (TPSA) is 66.5 Å². The molecular formula is C20H16ClFN2O3S. The highest BCUT2D eigenvalue weighted by Crippen LogP contribution is 2.31. The molecule has 2 aromatic carbocycles. The fourth-order valence-electron chi connectivity index (χ4n) is 2.55. The summed E-state index contributed by atoms with van der Waals surface area (Å²) in [7, 11) is 0. The summed E-state index contributed by atoms with van der Waals surface area (Å²) in [5.74, 6) is -1.78. The van der Waals surface area contributed by atoms with Crippen molar-refractivity contribution < 1.29 is 18.8 Å². The molecule has 2 aromatic rings. The number of nitrogens with zero attached hydrogens (tertiary/aromatic N) is 1. The van der Waals surface area contributed by atoms with Gasteiger partial charge >= 0.3 is 0 Å². The number of aryl methyl sites for hydroxylation is 1. The lowest BCUT2D eigenvalue weighted by Gasteiger charge is -2.13. The van der Waals surface area contributed by atoms with E-state index in [9.17, 15) is 18.8 Å². The number of hydrogen-bond acceptors (Lipinski definition) is 4. The molecule has 0 saturated carbocycles. The summed E-state index contributed by atoms with van der Waals surface area (Å²) in [5.41, 5.74) is 1.72. The van der Waals surface area contributed by atoms with Crippen LogP contribution in [0.2, 0.25) is 5.02 Å². The molecule has 1 fully saturated rings. The van der Waals surface area contributed by atoms with Crippen LogP contribution in [0.4, 0.5) is 9.18 Å². The van der Waals surface area contributed by atoms with Crippen molar-refractivity contribution >= 4 is 46.5 Å². The van der Waals surface area contributed by atoms with Crippen molar-refractivity contribution in [2.75, 3.05) is 13.1 Å². The summed E-state index contributed by atoms with van der Waals surface area (Å²) in [4.78, 5) is 38.0. The van der Waals surface area contributed by atoms with E-state index in [4.69, 9.17) is 11.6 Å². The first-order valence-corrected chi connectivity index (χ1v) is 9.60. The smallest absolute Gasteiger partial charge is 0.293 e. The van der Waals surface area contributed by atoms with Gasteiger partial charge in [0.25, 0.3) is 17.1 Å². The van der Waals surface area contributed by atoms with Gasteiger partial charge in [-0.2, -0.15) is 0 Å². The summed E-state index contributed by atoms with van der Waals surface area (Å²) < 4.78 is 13.7. The van der Waals surface area contributed by atoms with Gasteiger partial charge in [0.2, 0.25) is 0 Å². The van der Waals surface area contributed by atoms with E-state index < -0.39 is 22.9 Å². The SMILES string of the molecule is Cc1ccc(/C=C2\SC(=O)N(CCNC(=O)c3cc(Cl)ccc3F)C2=O)cc1. The Balaban J connectivity index is 1.61. The number of thioether (sulfide) groups is 1. The van der Waals surface area contributed by atoms with E-state index in [1.807, 2.05) is 31.2 Å². The third kappa shape index (κ3) is 4.61. The molecule has 0 aromatic heterocycles. The molecule has 0 unspecified atom stereocenters. The lowest BCUT2D eigenvalue weighted by Crippen LogP contribution is -2.37. The van der Waals surface area contributed by atoms with Gasteiger partial charge in [-0.1, -0.05) is 41.4 Å². The highest BCUT2D eigenvalue weighted by molar-refractivity contribution is 8.18. The summed E-state index contributed by atoms with van der Waals surface area (Å²) >= 11 is 6.62. The highest BCUT2D eigenvalue weighted by Gasteiger charge is 2.34. The standard InChI is InChI=1S/C20H16ClFN2O3S/c1-12-2-4-13(5-3-12)10-17-19(26)24(20(27)28-17)9-8-23-18(25)15-11-14(21)6-7-16(15)22/h2-7,10-11H,8-9H2,1H3,(H,23,25)/b17-10-. The van der Waals surface area contributed by atoms with E-state index in [1.54, 1.807) is 6.08 Å². The Bertz CT molecular complexity index is 976. The first-order chi connectivity index (χ1) is 13.3. The molecule has 0 aliphatic carbocycles. The van der Waals surface area contributed by atoms with Crippen LogP contribution in [0.25, 0.3) is 6.08 Å². The quantitative estimate of drug-likeness (QED) is 0.737. The molecule has 1 N–H and O–H groups in total. The number of nitrogens with one attached hydrogen (secondary N) is 1. The molecule has 1 heterocycles. The molecule has 3 amide bonds. The van der Waals surface area contributed by atoms with E-state index in [2.05, 4.69) is 5.32 Å². The van der Waals surface area contributed by atoms with Crippen LogP contribution in [-0.4, -0.2) is 35.0 Å². The third-order valence-electron chi connectivity index (χ3n) is 4.04. The second kappa shape index (κ2) is 8.58. The summed E-state index contributed by atoms with van der Waals surface area (Å²) in [6.07, 6.45) is 1.66. The van der Waals surface area contributed by atoms with Gasteiger partial charge in [0.15, 0.2) is 0 Å². The van der Waals surface area contributed by atoms with E-state index in [0.29, 0.717) is 4.91 Å². The van der Waals surface area contributed by atoms with Gasteiger partial charge in [-0.15, -0.1) is 0 Å². The summed E-state index contributed by atoms with van der Waals surface area (Å²) in [5, 5.41) is 2.32. The molecule has 0 bridgehead atoms. The van der Waals surface area contributed by atoms with Crippen LogP contribution in [0.3, 0.4) is 0 Å². The molecule has 0 spiro atoms. The van der Waals surface area contributed by atoms with Crippen molar-refractivity contribution in [3.63, 3.8) is 0 Å². The Labute approximate surface area is 170 Å². The molecule has 1 aliphatic rings. The second-order valence-corrected chi connectivity index (χ2v) is 7.55. The fraction of sp³-hybridized carbons (Fsp3) is 0.150. The molecule has 0 radical (unpaired) electrons. The van der Waals surface area contributed by atoms with Crippen LogP contribution in [0, 0.1) is 12.7 Å². The number of carbonyl (C=O) groups is 3. The van der Waals surface area contributed by atoms with Gasteiger partial charge in [0, 0.05) is 18.1 Å². The first kappa shape index (κ1) is 20.1. The molecule has 5 nitrogen and oxygen atoms in total. The molecule has 3 rings (SSSR count). The van der Waals surface area contributed by atoms with Crippen molar-refractivity contribution in [1.29, 1.82) is 0 Å². The first-order valence-electron chi connectivity index (χ1n) is 8.40. The molecule has 28 heavy (non-hydrogen) atoms. The molecular weight excluding hydrogens is 403 g/mol. The minimum Gasteiger partial charge on any atom is -0.350 e. The third-order valence-corrected chi connectivity index (χ3v) is 5.19. The number of amides is 3. The van der Waals surface area contributed by atoms with Gasteiger partial charge < -0.3 is 5.32 Å². The van der Waals surface area contributed by atoms with Crippen molar-refractivity contribution in [3.8, 4) is 0 Å². The van der Waals surface area contributed by atoms with Crippen molar-refractivity contribution in [2.45, 2.75) is 6.92 Å². The van der Waals surface area contributed by atoms with E-state index in [1.165, 1.54) is 12.1 Å². The van der Waals surface area contributed by atoms with Crippen LogP contribution in [-0.2, 0) is 4.79 Å². The minimum absolute atomic E-state index is 0.000633. The maximum absolute atomic E-state index is 13.7. The van der Waals surface area contributed by atoms with Gasteiger partial charge in [-0.3, -0.25) is 19.3 Å². The predicted molar refractivity (Wildman–Crippen MR) is 108 cm³/mol. The van der Waals surface area contributed by atoms with Crippen LogP contribution < -0.4 is 5.32 Å². The molecule has 1 aliphatic heterocycles. The van der Waals surface area contributed by atoms with Gasteiger partial charge in [0.05, 0.1) is 10.5 Å². The lowest BCUT2D eigenvalue weighted by molar-refractivity contribution is -0.122. The number of imide groups is 1. The molecule has 1 saturated heterocycles. The average molecular weight is 419 g/mol. The Morgan fingerprint density at radius 1 is 1.21 bits per heavy atom. The molecule has 8 heteroatoms. The number of halogens is 2. The number of hydrogen-bond donors (Lipinski definition) is 1. The lowest BCUT2D eigenvalue weighted by atomic mass is 10.1. The second-order valence-electron chi connectivity index (χ2n) is 6.12. The summed E-state index contributed by atoms with van der Waals surface area (Å²) in [6, 6.07) is 11.2. The van der Waals surface area contributed by atoms with Crippen LogP contribution in [0.15, 0.2) is 47.4 Å². The Morgan fingerprint density at radius 2 is 1.93 bits per heavy atom. The van der Waals surface area contributed by atoms with E-state index >= 15 is 0 Å². The van der Waals surface area contributed by atoms with Gasteiger partial charge in [-0.25, -0.2) is 4.39 Å². The van der Waals surface area contributed by atoms with E-state index in [0.717, 1.165) is 33.9 Å². The van der Waals surface area contributed by atoms with Crippen LogP contribution >= 0.6 is 23.4 Å².